The summed E-state index contributed by atoms with van der Waals surface area (Å²) in [6.45, 7) is 4.98. The van der Waals surface area contributed by atoms with E-state index in [1.807, 2.05) is 32.0 Å². The van der Waals surface area contributed by atoms with Crippen molar-refractivity contribution in [3.05, 3.63) is 64.3 Å². The third-order valence-corrected chi connectivity index (χ3v) is 6.19. The zero-order valence-corrected chi connectivity index (χ0v) is 19.6. The molecule has 0 bridgehead atoms. The summed E-state index contributed by atoms with van der Waals surface area (Å²) < 4.78 is 11.7. The van der Waals surface area contributed by atoms with Crippen LogP contribution >= 0.6 is 11.6 Å². The number of fused-ring (bicyclic) bond motifs is 1. The number of carbonyl (C=O) groups is 2. The van der Waals surface area contributed by atoms with E-state index in [9.17, 15) is 9.59 Å². The van der Waals surface area contributed by atoms with Crippen LogP contribution in [0.2, 0.25) is 5.02 Å². The van der Waals surface area contributed by atoms with E-state index in [-0.39, 0.29) is 17.8 Å². The molecule has 1 N–H and O–H groups in total. The molecule has 1 fully saturated rings. The quantitative estimate of drug-likeness (QED) is 0.479. The molecule has 2 aromatic carbocycles. The maximum Gasteiger partial charge on any atom is 0.251 e. The lowest BCUT2D eigenvalue weighted by Gasteiger charge is -2.14. The zero-order chi connectivity index (χ0) is 23.4. The Kier molecular flexibility index (Phi) is 7.26. The molecular weight excluding hydrogens is 440 g/mol. The highest BCUT2D eigenvalue weighted by atomic mass is 35.5. The normalized spacial score (nSPS) is 15.5. The van der Waals surface area contributed by atoms with Crippen molar-refractivity contribution in [2.75, 3.05) is 13.2 Å². The molecule has 0 spiro atoms. The average molecular weight is 467 g/mol. The van der Waals surface area contributed by atoms with Gasteiger partial charge < -0.3 is 14.8 Å². The summed E-state index contributed by atoms with van der Waals surface area (Å²) in [6.07, 6.45) is 4.52. The second-order valence-electron chi connectivity index (χ2n) is 8.26. The van der Waals surface area contributed by atoms with Crippen LogP contribution in [0.3, 0.4) is 0 Å². The Balaban J connectivity index is 1.57. The first kappa shape index (κ1) is 23.2. The molecule has 0 saturated carbocycles. The molecule has 1 atom stereocenters. The second kappa shape index (κ2) is 10.3. The molecular formula is C26H27ClN2O4. The van der Waals surface area contributed by atoms with E-state index in [1.54, 1.807) is 24.4 Å². The minimum Gasteiger partial charge on any atom is -0.457 e. The minimum absolute atomic E-state index is 0.0793. The highest BCUT2D eigenvalue weighted by Gasteiger charge is 2.18. The van der Waals surface area contributed by atoms with Crippen LogP contribution < -0.4 is 10.1 Å². The van der Waals surface area contributed by atoms with Crippen molar-refractivity contribution in [1.29, 1.82) is 0 Å². The second-order valence-corrected chi connectivity index (χ2v) is 8.67. The van der Waals surface area contributed by atoms with Crippen LogP contribution in [0.5, 0.6) is 11.5 Å². The van der Waals surface area contributed by atoms with Gasteiger partial charge in [-0.1, -0.05) is 24.6 Å². The van der Waals surface area contributed by atoms with Gasteiger partial charge in [-0.25, -0.2) is 0 Å². The minimum atomic E-state index is -0.146. The number of ether oxygens (including phenoxy) is 2. The number of nitrogens with zero attached hydrogens (tertiary/aromatic N) is 1. The van der Waals surface area contributed by atoms with Gasteiger partial charge in [-0.2, -0.15) is 0 Å². The molecule has 1 aromatic heterocycles. The van der Waals surface area contributed by atoms with Crippen molar-refractivity contribution in [2.24, 2.45) is 0 Å². The van der Waals surface area contributed by atoms with E-state index in [4.69, 9.17) is 21.1 Å². The first-order chi connectivity index (χ1) is 15.9. The van der Waals surface area contributed by atoms with Gasteiger partial charge in [-0.3, -0.25) is 14.6 Å². The summed E-state index contributed by atoms with van der Waals surface area (Å²) in [5.74, 6) is 1.10. The average Bonchev–Trinajstić information content (AvgIpc) is 3.32. The lowest BCUT2D eigenvalue weighted by molar-refractivity contribution is -0.118. The van der Waals surface area contributed by atoms with E-state index >= 15 is 0 Å². The van der Waals surface area contributed by atoms with Crippen molar-refractivity contribution in [1.82, 2.24) is 10.3 Å². The monoisotopic (exact) mass is 466 g/mol. The van der Waals surface area contributed by atoms with E-state index in [1.165, 1.54) is 0 Å². The number of nitrogens with one attached hydrogen (secondary N) is 1. The van der Waals surface area contributed by atoms with E-state index in [2.05, 4.69) is 10.3 Å². The number of amides is 1. The number of hydrogen-bond donors (Lipinski definition) is 1. The van der Waals surface area contributed by atoms with Crippen LogP contribution in [0.1, 0.15) is 47.7 Å². The lowest BCUT2D eigenvalue weighted by atomic mass is 10.0. The Hall–Kier alpha value is -2.96. The van der Waals surface area contributed by atoms with Crippen LogP contribution in [-0.4, -0.2) is 35.9 Å². The molecule has 1 aliphatic rings. The third-order valence-electron chi connectivity index (χ3n) is 5.84. The SMILES string of the molecule is CCC(=O)Cc1ccc(Oc2ccnc3cc(C)c(C(=O)NC[C@@H]4CCCO4)cc23)cc1Cl. The maximum atomic E-state index is 12.9. The van der Waals surface area contributed by atoms with Gasteiger partial charge in [-0.05, 0) is 61.2 Å². The molecule has 0 aliphatic carbocycles. The number of carbonyl (C=O) groups excluding carboxylic acids is 2. The molecule has 0 unspecified atom stereocenters. The maximum absolute atomic E-state index is 12.9. The van der Waals surface area contributed by atoms with Gasteiger partial charge in [0.1, 0.15) is 17.3 Å². The van der Waals surface area contributed by atoms with Crippen molar-refractivity contribution in [3.63, 3.8) is 0 Å². The molecule has 6 nitrogen and oxygen atoms in total. The molecule has 3 aromatic rings. The molecule has 2 heterocycles. The molecule has 7 heteroatoms. The topological polar surface area (TPSA) is 77.5 Å². The number of aromatic nitrogens is 1. The molecule has 1 aliphatic heterocycles. The Morgan fingerprint density at radius 1 is 1.24 bits per heavy atom. The van der Waals surface area contributed by atoms with Crippen molar-refractivity contribution < 1.29 is 19.1 Å². The summed E-state index contributed by atoms with van der Waals surface area (Å²) in [7, 11) is 0. The molecule has 33 heavy (non-hydrogen) atoms. The number of aryl methyl sites for hydroxylation is 1. The lowest BCUT2D eigenvalue weighted by Crippen LogP contribution is -2.32. The summed E-state index contributed by atoms with van der Waals surface area (Å²) in [5.41, 5.74) is 2.92. The fourth-order valence-electron chi connectivity index (χ4n) is 3.91. The van der Waals surface area contributed by atoms with E-state index in [0.29, 0.717) is 41.5 Å². The van der Waals surface area contributed by atoms with Crippen LogP contribution in [0.4, 0.5) is 0 Å². The molecule has 1 amide bonds. The highest BCUT2D eigenvalue weighted by Crippen LogP contribution is 2.33. The van der Waals surface area contributed by atoms with Crippen LogP contribution in [0, 0.1) is 6.92 Å². The van der Waals surface area contributed by atoms with Crippen molar-refractivity contribution >= 4 is 34.2 Å². The zero-order valence-electron chi connectivity index (χ0n) is 18.8. The molecule has 4 rings (SSSR count). The molecule has 1 saturated heterocycles. The standard InChI is InChI=1S/C26H27ClN2O4/c1-3-18(30)12-17-6-7-19(13-23(17)27)33-25-8-9-28-24-11-16(2)21(14-22(24)25)26(31)29-15-20-5-4-10-32-20/h6-9,11,13-14,20H,3-5,10,12,15H2,1-2H3,(H,29,31)/t20-/m0/s1. The predicted octanol–water partition coefficient (Wildman–Crippen LogP) is 5.42. The Morgan fingerprint density at radius 2 is 2.09 bits per heavy atom. The fraction of sp³-hybridized carbons (Fsp3) is 0.346. The number of benzene rings is 2. The number of pyridine rings is 1. The summed E-state index contributed by atoms with van der Waals surface area (Å²) >= 11 is 6.38. The third kappa shape index (κ3) is 5.52. The summed E-state index contributed by atoms with van der Waals surface area (Å²) in [4.78, 5) is 29.0. The Bertz CT molecular complexity index is 1190. The van der Waals surface area contributed by atoms with Crippen LogP contribution in [-0.2, 0) is 16.0 Å². The van der Waals surface area contributed by atoms with Crippen molar-refractivity contribution in [3.8, 4) is 11.5 Å². The van der Waals surface area contributed by atoms with Gasteiger partial charge in [0, 0.05) is 48.2 Å². The summed E-state index contributed by atoms with van der Waals surface area (Å²) in [6, 6.07) is 10.8. The first-order valence-corrected chi connectivity index (χ1v) is 11.6. The molecule has 0 radical (unpaired) electrons. The number of rotatable bonds is 8. The van der Waals surface area contributed by atoms with E-state index < -0.39 is 0 Å². The van der Waals surface area contributed by atoms with Gasteiger partial charge in [0.25, 0.3) is 5.91 Å². The first-order valence-electron chi connectivity index (χ1n) is 11.2. The van der Waals surface area contributed by atoms with Gasteiger partial charge in [0.05, 0.1) is 11.6 Å². The van der Waals surface area contributed by atoms with Gasteiger partial charge in [-0.15, -0.1) is 0 Å². The molecule has 172 valence electrons. The summed E-state index contributed by atoms with van der Waals surface area (Å²) in [5, 5.41) is 4.19. The number of hydrogen-bond acceptors (Lipinski definition) is 5. The van der Waals surface area contributed by atoms with Gasteiger partial charge in [0.15, 0.2) is 0 Å². The predicted molar refractivity (Wildman–Crippen MR) is 128 cm³/mol. The van der Waals surface area contributed by atoms with Gasteiger partial charge >= 0.3 is 0 Å². The van der Waals surface area contributed by atoms with E-state index in [0.717, 1.165) is 41.5 Å². The van der Waals surface area contributed by atoms with Crippen LogP contribution in [0.15, 0.2) is 42.6 Å². The number of Topliss-reactive ketones (excluding diaryl/α,β-unsaturated/α-hetero) is 1. The number of ketones is 1. The largest absolute Gasteiger partial charge is 0.457 e. The Labute approximate surface area is 198 Å². The smallest absolute Gasteiger partial charge is 0.251 e. The fourth-order valence-corrected chi connectivity index (χ4v) is 4.15. The number of halogens is 1. The van der Waals surface area contributed by atoms with Crippen LogP contribution in [0.25, 0.3) is 10.9 Å². The highest BCUT2D eigenvalue weighted by molar-refractivity contribution is 6.31. The van der Waals surface area contributed by atoms with Gasteiger partial charge in [0.2, 0.25) is 0 Å². The Morgan fingerprint density at radius 3 is 2.82 bits per heavy atom. The van der Waals surface area contributed by atoms with Crippen molar-refractivity contribution in [2.45, 2.75) is 45.6 Å².